The first kappa shape index (κ1) is 12.9. The maximum atomic E-state index is 5.36. The molecule has 1 aromatic carbocycles. The summed E-state index contributed by atoms with van der Waals surface area (Å²) >= 11 is 3.50. The first-order valence-corrected chi connectivity index (χ1v) is 6.95. The highest BCUT2D eigenvalue weighted by Crippen LogP contribution is 2.39. The zero-order valence-electron chi connectivity index (χ0n) is 10.6. The highest BCUT2D eigenvalue weighted by Gasteiger charge is 2.30. The third-order valence-corrected chi connectivity index (χ3v) is 4.16. The lowest BCUT2D eigenvalue weighted by atomic mass is 9.70. The van der Waals surface area contributed by atoms with E-state index in [0.717, 1.165) is 23.3 Å². The van der Waals surface area contributed by atoms with Gasteiger partial charge in [-0.1, -0.05) is 29.3 Å². The smallest absolute Gasteiger partial charge is 0.123 e. The van der Waals surface area contributed by atoms with E-state index in [9.17, 15) is 0 Å². The lowest BCUT2D eigenvalue weighted by Gasteiger charge is -2.38. The van der Waals surface area contributed by atoms with Gasteiger partial charge in [0.1, 0.15) is 5.75 Å². The molecule has 17 heavy (non-hydrogen) atoms. The number of ether oxygens (including phenoxy) is 1. The van der Waals surface area contributed by atoms with Crippen molar-refractivity contribution in [2.24, 2.45) is 5.41 Å². The van der Waals surface area contributed by atoms with Gasteiger partial charge < -0.3 is 10.1 Å². The lowest BCUT2D eigenvalue weighted by Crippen LogP contribution is -2.37. The van der Waals surface area contributed by atoms with Gasteiger partial charge in [0, 0.05) is 23.1 Å². The van der Waals surface area contributed by atoms with Gasteiger partial charge in [-0.15, -0.1) is 0 Å². The summed E-state index contributed by atoms with van der Waals surface area (Å²) in [4.78, 5) is 0. The maximum absolute atomic E-state index is 5.36. The molecule has 0 spiro atoms. The Kier molecular flexibility index (Phi) is 4.10. The van der Waals surface area contributed by atoms with Gasteiger partial charge in [-0.3, -0.25) is 0 Å². The van der Waals surface area contributed by atoms with Crippen LogP contribution in [0.15, 0.2) is 22.7 Å². The topological polar surface area (TPSA) is 21.3 Å². The van der Waals surface area contributed by atoms with Gasteiger partial charge >= 0.3 is 0 Å². The van der Waals surface area contributed by atoms with Crippen LogP contribution in [-0.2, 0) is 6.54 Å². The van der Waals surface area contributed by atoms with Crippen LogP contribution in [-0.4, -0.2) is 13.7 Å². The van der Waals surface area contributed by atoms with Crippen LogP contribution < -0.4 is 10.1 Å². The predicted molar refractivity (Wildman–Crippen MR) is 74.4 cm³/mol. The van der Waals surface area contributed by atoms with Crippen molar-refractivity contribution >= 4 is 15.9 Å². The molecule has 0 atom stereocenters. The van der Waals surface area contributed by atoms with Crippen LogP contribution in [0.4, 0.5) is 0 Å². The Morgan fingerprint density at radius 1 is 1.41 bits per heavy atom. The zero-order chi connectivity index (χ0) is 12.3. The molecule has 1 fully saturated rings. The summed E-state index contributed by atoms with van der Waals surface area (Å²) in [6, 6.07) is 6.14. The van der Waals surface area contributed by atoms with Crippen molar-refractivity contribution in [2.75, 3.05) is 13.7 Å². The van der Waals surface area contributed by atoms with Gasteiger partial charge in [-0.2, -0.15) is 0 Å². The van der Waals surface area contributed by atoms with E-state index in [0.29, 0.717) is 5.41 Å². The minimum Gasteiger partial charge on any atom is -0.496 e. The molecule has 0 radical (unpaired) electrons. The molecule has 1 saturated carbocycles. The highest BCUT2D eigenvalue weighted by atomic mass is 79.9. The summed E-state index contributed by atoms with van der Waals surface area (Å²) in [6.07, 6.45) is 4.10. The summed E-state index contributed by atoms with van der Waals surface area (Å²) < 4.78 is 6.46. The second-order valence-electron chi connectivity index (χ2n) is 5.22. The fourth-order valence-corrected chi connectivity index (χ4v) is 2.75. The quantitative estimate of drug-likeness (QED) is 0.894. The van der Waals surface area contributed by atoms with Crippen LogP contribution >= 0.6 is 15.9 Å². The van der Waals surface area contributed by atoms with Crippen LogP contribution in [0, 0.1) is 5.41 Å². The van der Waals surface area contributed by atoms with Crippen molar-refractivity contribution < 1.29 is 4.74 Å². The molecule has 2 rings (SSSR count). The lowest BCUT2D eigenvalue weighted by molar-refractivity contribution is 0.156. The van der Waals surface area contributed by atoms with Crippen molar-refractivity contribution in [3.63, 3.8) is 0 Å². The van der Waals surface area contributed by atoms with Crippen LogP contribution in [0.25, 0.3) is 0 Å². The van der Waals surface area contributed by atoms with Crippen LogP contribution in [0.5, 0.6) is 5.75 Å². The first-order chi connectivity index (χ1) is 8.13. The third kappa shape index (κ3) is 3.23. The number of nitrogens with one attached hydrogen (secondary N) is 1. The molecule has 0 saturated heterocycles. The van der Waals surface area contributed by atoms with E-state index >= 15 is 0 Å². The predicted octanol–water partition coefficient (Wildman–Crippen LogP) is 3.74. The van der Waals surface area contributed by atoms with Crippen molar-refractivity contribution in [1.82, 2.24) is 5.32 Å². The Balaban J connectivity index is 1.91. The standard InChI is InChI=1S/C14H20BrNO/c1-14(6-3-7-14)10-16-9-11-8-12(15)4-5-13(11)17-2/h4-5,8,16H,3,6-7,9-10H2,1-2H3. The third-order valence-electron chi connectivity index (χ3n) is 3.67. The Hall–Kier alpha value is -0.540. The SMILES string of the molecule is COc1ccc(Br)cc1CNCC1(C)CCC1. The van der Waals surface area contributed by atoms with Gasteiger partial charge in [-0.05, 0) is 36.5 Å². The van der Waals surface area contributed by atoms with E-state index < -0.39 is 0 Å². The monoisotopic (exact) mass is 297 g/mol. The van der Waals surface area contributed by atoms with Crippen molar-refractivity contribution in [1.29, 1.82) is 0 Å². The minimum atomic E-state index is 0.527. The first-order valence-electron chi connectivity index (χ1n) is 6.16. The average molecular weight is 298 g/mol. The molecule has 0 unspecified atom stereocenters. The zero-order valence-corrected chi connectivity index (χ0v) is 12.1. The minimum absolute atomic E-state index is 0.527. The molecular weight excluding hydrogens is 278 g/mol. The second kappa shape index (κ2) is 5.40. The Morgan fingerprint density at radius 2 is 2.18 bits per heavy atom. The molecule has 1 aliphatic rings. The highest BCUT2D eigenvalue weighted by molar-refractivity contribution is 9.10. The van der Waals surface area contributed by atoms with Gasteiger partial charge in [-0.25, -0.2) is 0 Å². The summed E-state index contributed by atoms with van der Waals surface area (Å²) in [5.41, 5.74) is 1.74. The summed E-state index contributed by atoms with van der Waals surface area (Å²) in [5.74, 6) is 0.958. The maximum Gasteiger partial charge on any atom is 0.123 e. The van der Waals surface area contributed by atoms with Gasteiger partial charge in [0.25, 0.3) is 0 Å². The molecule has 0 amide bonds. The number of methoxy groups -OCH3 is 1. The van der Waals surface area contributed by atoms with Crippen LogP contribution in [0.1, 0.15) is 31.7 Å². The van der Waals surface area contributed by atoms with E-state index in [2.05, 4.69) is 34.2 Å². The normalized spacial score (nSPS) is 17.6. The second-order valence-corrected chi connectivity index (χ2v) is 6.14. The molecule has 1 aliphatic carbocycles. The number of halogens is 1. The Morgan fingerprint density at radius 3 is 2.76 bits per heavy atom. The molecule has 0 bridgehead atoms. The fourth-order valence-electron chi connectivity index (χ4n) is 2.34. The summed E-state index contributed by atoms with van der Waals surface area (Å²) in [7, 11) is 1.72. The number of hydrogen-bond donors (Lipinski definition) is 1. The van der Waals surface area contributed by atoms with Crippen molar-refractivity contribution in [2.45, 2.75) is 32.7 Å². The van der Waals surface area contributed by atoms with E-state index in [1.165, 1.54) is 24.8 Å². The fraction of sp³-hybridized carbons (Fsp3) is 0.571. The molecule has 2 nitrogen and oxygen atoms in total. The van der Waals surface area contributed by atoms with Gasteiger partial charge in [0.2, 0.25) is 0 Å². The number of hydrogen-bond acceptors (Lipinski definition) is 2. The summed E-state index contributed by atoms with van der Waals surface area (Å²) in [6.45, 7) is 4.34. The number of benzene rings is 1. The molecule has 94 valence electrons. The van der Waals surface area contributed by atoms with Crippen LogP contribution in [0.3, 0.4) is 0 Å². The van der Waals surface area contributed by atoms with E-state index in [-0.39, 0.29) is 0 Å². The Bertz CT molecular complexity index is 388. The number of rotatable bonds is 5. The molecular formula is C14H20BrNO. The van der Waals surface area contributed by atoms with E-state index in [1.807, 2.05) is 12.1 Å². The molecule has 0 aliphatic heterocycles. The van der Waals surface area contributed by atoms with Crippen LogP contribution in [0.2, 0.25) is 0 Å². The van der Waals surface area contributed by atoms with E-state index in [4.69, 9.17) is 4.74 Å². The molecule has 1 aromatic rings. The Labute approximate surface area is 112 Å². The molecule has 1 N–H and O–H groups in total. The molecule has 0 aromatic heterocycles. The van der Waals surface area contributed by atoms with Crippen molar-refractivity contribution in [3.05, 3.63) is 28.2 Å². The van der Waals surface area contributed by atoms with Gasteiger partial charge in [0.05, 0.1) is 7.11 Å². The summed E-state index contributed by atoms with van der Waals surface area (Å²) in [5, 5.41) is 3.55. The molecule has 0 heterocycles. The van der Waals surface area contributed by atoms with E-state index in [1.54, 1.807) is 7.11 Å². The van der Waals surface area contributed by atoms with Crippen molar-refractivity contribution in [3.8, 4) is 5.75 Å². The van der Waals surface area contributed by atoms with Gasteiger partial charge in [0.15, 0.2) is 0 Å². The largest absolute Gasteiger partial charge is 0.496 e. The average Bonchev–Trinajstić information content (AvgIpc) is 2.27. The molecule has 3 heteroatoms.